The molecule has 3 aromatic rings. The highest BCUT2D eigenvalue weighted by Crippen LogP contribution is 2.20. The van der Waals surface area contributed by atoms with Gasteiger partial charge in [0.05, 0.1) is 5.52 Å². The monoisotopic (exact) mass is 224 g/mol. The normalized spacial score (nSPS) is 11.2. The van der Waals surface area contributed by atoms with Gasteiger partial charge in [-0.2, -0.15) is 0 Å². The third-order valence-electron chi connectivity index (χ3n) is 3.00. The lowest BCUT2D eigenvalue weighted by atomic mass is 10.2. The number of carbonyl (C=O) groups excluding carboxylic acids is 1. The molecular weight excluding hydrogens is 212 g/mol. The molecule has 0 aliphatic rings. The fourth-order valence-corrected chi connectivity index (χ4v) is 2.14. The van der Waals surface area contributed by atoms with Crippen LogP contribution in [-0.2, 0) is 0 Å². The van der Waals surface area contributed by atoms with Crippen LogP contribution in [0.25, 0.3) is 16.6 Å². The molecule has 3 nitrogen and oxygen atoms in total. The standard InChI is InChI=1S/C14H12N2O/c1-9-3-4-11-5-6-13-12(10(2)17)7-8-16(13)14(11)15-9/h3-8H,1-2H3. The van der Waals surface area contributed by atoms with E-state index < -0.39 is 0 Å². The Morgan fingerprint density at radius 3 is 2.71 bits per heavy atom. The van der Waals surface area contributed by atoms with E-state index in [4.69, 9.17) is 0 Å². The Labute approximate surface area is 98.7 Å². The number of pyridine rings is 2. The molecule has 0 amide bonds. The average molecular weight is 224 g/mol. The summed E-state index contributed by atoms with van der Waals surface area (Å²) < 4.78 is 1.97. The fraction of sp³-hybridized carbons (Fsp3) is 0.143. The maximum Gasteiger partial charge on any atom is 0.161 e. The van der Waals surface area contributed by atoms with Gasteiger partial charge in [0, 0.05) is 22.8 Å². The van der Waals surface area contributed by atoms with Gasteiger partial charge >= 0.3 is 0 Å². The van der Waals surface area contributed by atoms with Gasteiger partial charge in [-0.15, -0.1) is 0 Å². The molecule has 3 heteroatoms. The number of aryl methyl sites for hydroxylation is 1. The first-order chi connectivity index (χ1) is 8.16. The molecule has 0 unspecified atom stereocenters. The number of nitrogens with zero attached hydrogens (tertiary/aromatic N) is 2. The number of hydrogen-bond donors (Lipinski definition) is 0. The van der Waals surface area contributed by atoms with Crippen LogP contribution in [0.15, 0.2) is 36.5 Å². The summed E-state index contributed by atoms with van der Waals surface area (Å²) in [5.74, 6) is 0.0829. The lowest BCUT2D eigenvalue weighted by Gasteiger charge is -2.03. The van der Waals surface area contributed by atoms with Gasteiger partial charge in [-0.25, -0.2) is 4.98 Å². The molecule has 0 bridgehead atoms. The molecule has 0 fully saturated rings. The van der Waals surface area contributed by atoms with E-state index in [9.17, 15) is 4.79 Å². The van der Waals surface area contributed by atoms with E-state index in [1.54, 1.807) is 6.92 Å². The van der Waals surface area contributed by atoms with E-state index >= 15 is 0 Å². The Bertz CT molecular complexity index is 740. The number of Topliss-reactive ketones (excluding diaryl/α,β-unsaturated/α-hetero) is 1. The van der Waals surface area contributed by atoms with Crippen LogP contribution in [-0.4, -0.2) is 15.2 Å². The molecular formula is C14H12N2O. The molecule has 3 rings (SSSR count). The molecule has 0 spiro atoms. The van der Waals surface area contributed by atoms with E-state index in [0.29, 0.717) is 0 Å². The predicted octanol–water partition coefficient (Wildman–Crippen LogP) is 3.00. The second-order valence-electron chi connectivity index (χ2n) is 4.24. The summed E-state index contributed by atoms with van der Waals surface area (Å²) in [5, 5.41) is 1.08. The molecule has 17 heavy (non-hydrogen) atoms. The number of ketones is 1. The van der Waals surface area contributed by atoms with E-state index in [1.807, 2.05) is 47.9 Å². The highest BCUT2D eigenvalue weighted by Gasteiger charge is 2.09. The SMILES string of the molecule is CC(=O)c1ccn2c1ccc1ccc(C)nc12. The molecule has 0 aromatic carbocycles. The fourth-order valence-electron chi connectivity index (χ4n) is 2.14. The third kappa shape index (κ3) is 1.43. The first-order valence-electron chi connectivity index (χ1n) is 5.55. The Kier molecular flexibility index (Phi) is 2.01. The maximum absolute atomic E-state index is 11.5. The zero-order valence-electron chi connectivity index (χ0n) is 9.77. The van der Waals surface area contributed by atoms with Gasteiger partial charge in [0.15, 0.2) is 5.78 Å². The average Bonchev–Trinajstić information content (AvgIpc) is 2.72. The van der Waals surface area contributed by atoms with Crippen LogP contribution in [0.2, 0.25) is 0 Å². The third-order valence-corrected chi connectivity index (χ3v) is 3.00. The van der Waals surface area contributed by atoms with Crippen LogP contribution in [0.3, 0.4) is 0 Å². The number of fused-ring (bicyclic) bond motifs is 3. The minimum absolute atomic E-state index is 0.0829. The maximum atomic E-state index is 11.5. The molecule has 0 saturated carbocycles. The number of carbonyl (C=O) groups is 1. The van der Waals surface area contributed by atoms with Crippen molar-refractivity contribution in [2.45, 2.75) is 13.8 Å². The molecule has 0 aliphatic carbocycles. The van der Waals surface area contributed by atoms with Gasteiger partial charge < -0.3 is 4.40 Å². The second-order valence-corrected chi connectivity index (χ2v) is 4.24. The van der Waals surface area contributed by atoms with Crippen molar-refractivity contribution in [3.8, 4) is 0 Å². The van der Waals surface area contributed by atoms with Crippen LogP contribution < -0.4 is 0 Å². The summed E-state index contributed by atoms with van der Waals surface area (Å²) in [6.07, 6.45) is 1.90. The van der Waals surface area contributed by atoms with E-state index in [1.165, 1.54) is 0 Å². The zero-order valence-corrected chi connectivity index (χ0v) is 9.77. The molecule has 0 atom stereocenters. The van der Waals surface area contributed by atoms with Crippen molar-refractivity contribution < 1.29 is 4.79 Å². The van der Waals surface area contributed by atoms with Crippen molar-refractivity contribution in [3.63, 3.8) is 0 Å². The highest BCUT2D eigenvalue weighted by molar-refractivity contribution is 6.02. The Morgan fingerprint density at radius 2 is 1.94 bits per heavy atom. The lowest BCUT2D eigenvalue weighted by molar-refractivity contribution is 0.101. The molecule has 0 radical (unpaired) electrons. The summed E-state index contributed by atoms with van der Waals surface area (Å²) in [6, 6.07) is 9.86. The Hall–Kier alpha value is -2.16. The van der Waals surface area contributed by atoms with E-state index in [2.05, 4.69) is 4.98 Å². The van der Waals surface area contributed by atoms with Gasteiger partial charge in [0.1, 0.15) is 5.65 Å². The van der Waals surface area contributed by atoms with Crippen molar-refractivity contribution in [1.29, 1.82) is 0 Å². The first kappa shape index (κ1) is 10.0. The Morgan fingerprint density at radius 1 is 1.18 bits per heavy atom. The summed E-state index contributed by atoms with van der Waals surface area (Å²) in [4.78, 5) is 16.0. The van der Waals surface area contributed by atoms with Gasteiger partial charge in [-0.05, 0) is 44.2 Å². The van der Waals surface area contributed by atoms with Gasteiger partial charge in [0.2, 0.25) is 0 Å². The second kappa shape index (κ2) is 3.42. The quantitative estimate of drug-likeness (QED) is 0.595. The zero-order chi connectivity index (χ0) is 12.0. The van der Waals surface area contributed by atoms with E-state index in [-0.39, 0.29) is 5.78 Å². The summed E-state index contributed by atoms with van der Waals surface area (Å²) in [5.41, 5.74) is 3.54. The largest absolute Gasteiger partial charge is 0.301 e. The van der Waals surface area contributed by atoms with Crippen molar-refractivity contribution >= 4 is 22.3 Å². The van der Waals surface area contributed by atoms with Crippen LogP contribution in [0.4, 0.5) is 0 Å². The molecule has 84 valence electrons. The minimum Gasteiger partial charge on any atom is -0.301 e. The van der Waals surface area contributed by atoms with Crippen molar-refractivity contribution in [2.75, 3.05) is 0 Å². The summed E-state index contributed by atoms with van der Waals surface area (Å²) in [7, 11) is 0. The number of rotatable bonds is 1. The minimum atomic E-state index is 0.0829. The highest BCUT2D eigenvalue weighted by atomic mass is 16.1. The first-order valence-corrected chi connectivity index (χ1v) is 5.55. The molecule has 3 heterocycles. The van der Waals surface area contributed by atoms with Crippen molar-refractivity contribution in [1.82, 2.24) is 9.38 Å². The topological polar surface area (TPSA) is 34.4 Å². The molecule has 0 N–H and O–H groups in total. The van der Waals surface area contributed by atoms with Crippen LogP contribution >= 0.6 is 0 Å². The molecule has 3 aromatic heterocycles. The lowest BCUT2D eigenvalue weighted by Crippen LogP contribution is -1.94. The van der Waals surface area contributed by atoms with Gasteiger partial charge in [-0.1, -0.05) is 0 Å². The number of hydrogen-bond acceptors (Lipinski definition) is 2. The van der Waals surface area contributed by atoms with Crippen molar-refractivity contribution in [3.05, 3.63) is 47.8 Å². The summed E-state index contributed by atoms with van der Waals surface area (Å²) in [6.45, 7) is 3.55. The number of aromatic nitrogens is 2. The smallest absolute Gasteiger partial charge is 0.161 e. The summed E-state index contributed by atoms with van der Waals surface area (Å²) >= 11 is 0. The molecule has 0 aliphatic heterocycles. The Balaban J connectivity index is 2.48. The van der Waals surface area contributed by atoms with Gasteiger partial charge in [-0.3, -0.25) is 4.79 Å². The van der Waals surface area contributed by atoms with Crippen LogP contribution in [0.1, 0.15) is 23.0 Å². The van der Waals surface area contributed by atoms with Crippen LogP contribution in [0.5, 0.6) is 0 Å². The van der Waals surface area contributed by atoms with Crippen LogP contribution in [0, 0.1) is 6.92 Å². The van der Waals surface area contributed by atoms with Crippen molar-refractivity contribution in [2.24, 2.45) is 0 Å². The predicted molar refractivity (Wildman–Crippen MR) is 67.4 cm³/mol. The van der Waals surface area contributed by atoms with E-state index in [0.717, 1.165) is 27.8 Å². The molecule has 0 saturated heterocycles. The van der Waals surface area contributed by atoms with Gasteiger partial charge in [0.25, 0.3) is 0 Å².